The molecule has 1 amide bonds. The van der Waals surface area contributed by atoms with Gasteiger partial charge in [-0.3, -0.25) is 10.1 Å². The molecule has 114 valence electrons. The van der Waals surface area contributed by atoms with Gasteiger partial charge < -0.3 is 4.90 Å². The van der Waals surface area contributed by atoms with Crippen molar-refractivity contribution < 1.29 is 4.79 Å². The van der Waals surface area contributed by atoms with Crippen LogP contribution in [-0.2, 0) is 4.79 Å². The Balaban J connectivity index is 1.87. The lowest BCUT2D eigenvalue weighted by atomic mass is 9.85. The summed E-state index contributed by atoms with van der Waals surface area (Å²) in [5.74, 6) is 0.994. The summed E-state index contributed by atoms with van der Waals surface area (Å²) in [6, 6.07) is 6.52. The highest BCUT2D eigenvalue weighted by molar-refractivity contribution is 5.84. The minimum atomic E-state index is -0.0178. The van der Waals surface area contributed by atoms with Gasteiger partial charge >= 0.3 is 0 Å². The molecule has 2 unspecified atom stereocenters. The quantitative estimate of drug-likeness (QED) is 0.921. The van der Waals surface area contributed by atoms with Crippen molar-refractivity contribution in [2.75, 3.05) is 6.54 Å². The highest BCUT2D eigenvalue weighted by Gasteiger charge is 2.40. The third-order valence-electron chi connectivity index (χ3n) is 5.06. The van der Waals surface area contributed by atoms with Crippen molar-refractivity contribution in [2.24, 2.45) is 5.92 Å². The fourth-order valence-electron chi connectivity index (χ4n) is 3.51. The van der Waals surface area contributed by atoms with Gasteiger partial charge in [-0.2, -0.15) is 0 Å². The van der Waals surface area contributed by atoms with Crippen LogP contribution >= 0.6 is 0 Å². The second kappa shape index (κ2) is 5.80. The molecule has 0 radical (unpaired) electrons. The Labute approximate surface area is 127 Å². The van der Waals surface area contributed by atoms with Gasteiger partial charge in [0.05, 0.1) is 6.04 Å². The normalized spacial score (nSPS) is 26.2. The lowest BCUT2D eigenvalue weighted by molar-refractivity contribution is -0.131. The van der Waals surface area contributed by atoms with Gasteiger partial charge in [-0.25, -0.2) is 0 Å². The van der Waals surface area contributed by atoms with E-state index in [9.17, 15) is 4.79 Å². The number of benzene rings is 1. The van der Waals surface area contributed by atoms with Crippen LogP contribution in [0.25, 0.3) is 0 Å². The molecule has 1 saturated carbocycles. The maximum Gasteiger partial charge on any atom is 0.241 e. The van der Waals surface area contributed by atoms with E-state index in [-0.39, 0.29) is 18.1 Å². The van der Waals surface area contributed by atoms with Crippen molar-refractivity contribution in [3.05, 3.63) is 34.9 Å². The smallest absolute Gasteiger partial charge is 0.241 e. The van der Waals surface area contributed by atoms with Crippen LogP contribution in [0.1, 0.15) is 55.5 Å². The number of hydrogen-bond acceptors (Lipinski definition) is 2. The second-order valence-electron chi connectivity index (χ2n) is 6.68. The van der Waals surface area contributed by atoms with E-state index >= 15 is 0 Å². The molecular formula is C18H26N2O. The molecule has 2 aliphatic rings. The van der Waals surface area contributed by atoms with Crippen molar-refractivity contribution in [3.8, 4) is 0 Å². The SMILES string of the molecule is CCC1NC(c2ccc(C)cc2C)N(CC2CCC2)C1=O. The molecule has 0 aromatic heterocycles. The first-order valence-electron chi connectivity index (χ1n) is 8.23. The minimum absolute atomic E-state index is 0.0178. The first-order chi connectivity index (χ1) is 10.1. The fraction of sp³-hybridized carbons (Fsp3) is 0.611. The highest BCUT2D eigenvalue weighted by atomic mass is 16.2. The molecule has 3 heteroatoms. The van der Waals surface area contributed by atoms with Crippen LogP contribution in [0.4, 0.5) is 0 Å². The predicted octanol–water partition coefficient (Wildman–Crippen LogP) is 3.31. The Morgan fingerprint density at radius 2 is 2.05 bits per heavy atom. The van der Waals surface area contributed by atoms with E-state index in [1.165, 1.54) is 36.0 Å². The average molecular weight is 286 g/mol. The Hall–Kier alpha value is -1.35. The highest BCUT2D eigenvalue weighted by Crippen LogP contribution is 2.34. The fourth-order valence-corrected chi connectivity index (χ4v) is 3.51. The number of amides is 1. The molecule has 3 nitrogen and oxygen atoms in total. The Bertz CT molecular complexity index is 536. The molecule has 0 bridgehead atoms. The molecule has 1 heterocycles. The Kier molecular flexibility index (Phi) is 4.03. The molecule has 1 aliphatic carbocycles. The Morgan fingerprint density at radius 1 is 1.29 bits per heavy atom. The minimum Gasteiger partial charge on any atom is -0.321 e. The van der Waals surface area contributed by atoms with E-state index < -0.39 is 0 Å². The standard InChI is InChI=1S/C18H26N2O/c1-4-16-18(21)20(11-14-6-5-7-14)17(19-16)15-9-8-12(2)10-13(15)3/h8-10,14,16-17,19H,4-7,11H2,1-3H3. The van der Waals surface area contributed by atoms with E-state index in [0.717, 1.165) is 13.0 Å². The summed E-state index contributed by atoms with van der Waals surface area (Å²) in [7, 11) is 0. The lowest BCUT2D eigenvalue weighted by Gasteiger charge is -2.33. The average Bonchev–Trinajstić information content (AvgIpc) is 2.70. The second-order valence-corrected chi connectivity index (χ2v) is 6.68. The van der Waals surface area contributed by atoms with Gasteiger partial charge in [-0.1, -0.05) is 37.1 Å². The van der Waals surface area contributed by atoms with E-state index in [4.69, 9.17) is 0 Å². The first kappa shape index (κ1) is 14.6. The largest absolute Gasteiger partial charge is 0.321 e. The summed E-state index contributed by atoms with van der Waals surface area (Å²) in [5, 5.41) is 3.55. The van der Waals surface area contributed by atoms with Crippen LogP contribution in [-0.4, -0.2) is 23.4 Å². The molecule has 3 rings (SSSR count). The van der Waals surface area contributed by atoms with Gasteiger partial charge in [0.2, 0.25) is 5.91 Å². The van der Waals surface area contributed by atoms with Gasteiger partial charge in [0.25, 0.3) is 0 Å². The van der Waals surface area contributed by atoms with Crippen LogP contribution in [0.15, 0.2) is 18.2 Å². The summed E-state index contributed by atoms with van der Waals surface area (Å²) in [6.07, 6.45) is 4.80. The third-order valence-corrected chi connectivity index (χ3v) is 5.06. The topological polar surface area (TPSA) is 32.3 Å². The zero-order chi connectivity index (χ0) is 15.0. The maximum atomic E-state index is 12.6. The van der Waals surface area contributed by atoms with Crippen LogP contribution in [0.3, 0.4) is 0 Å². The van der Waals surface area contributed by atoms with Gasteiger partial charge in [0, 0.05) is 6.54 Å². The van der Waals surface area contributed by atoms with Crippen LogP contribution in [0.2, 0.25) is 0 Å². The zero-order valence-electron chi connectivity index (χ0n) is 13.4. The molecular weight excluding hydrogens is 260 g/mol. The summed E-state index contributed by atoms with van der Waals surface area (Å²) in [4.78, 5) is 14.7. The summed E-state index contributed by atoms with van der Waals surface area (Å²) >= 11 is 0. The van der Waals surface area contributed by atoms with E-state index in [1.807, 2.05) is 0 Å². The van der Waals surface area contributed by atoms with Gasteiger partial charge in [-0.15, -0.1) is 0 Å². The molecule has 21 heavy (non-hydrogen) atoms. The summed E-state index contributed by atoms with van der Waals surface area (Å²) < 4.78 is 0. The molecule has 2 fully saturated rings. The third kappa shape index (κ3) is 2.71. The number of rotatable bonds is 4. The first-order valence-corrected chi connectivity index (χ1v) is 8.23. The van der Waals surface area contributed by atoms with Crippen molar-refractivity contribution in [3.63, 3.8) is 0 Å². The van der Waals surface area contributed by atoms with Crippen LogP contribution < -0.4 is 5.32 Å². The van der Waals surface area contributed by atoms with Crippen LogP contribution in [0.5, 0.6) is 0 Å². The van der Waals surface area contributed by atoms with Crippen molar-refractivity contribution in [1.82, 2.24) is 10.2 Å². The predicted molar refractivity (Wildman–Crippen MR) is 84.9 cm³/mol. The van der Waals surface area contributed by atoms with Crippen molar-refractivity contribution >= 4 is 5.91 Å². The van der Waals surface area contributed by atoms with Crippen molar-refractivity contribution in [2.45, 2.75) is 58.7 Å². The van der Waals surface area contributed by atoms with Gasteiger partial charge in [0.1, 0.15) is 6.17 Å². The maximum absolute atomic E-state index is 12.6. The molecule has 1 aromatic rings. The van der Waals surface area contributed by atoms with Gasteiger partial charge in [-0.05, 0) is 50.2 Å². The summed E-state index contributed by atoms with van der Waals surface area (Å²) in [5.41, 5.74) is 3.80. The Morgan fingerprint density at radius 3 is 2.62 bits per heavy atom. The molecule has 1 aromatic carbocycles. The lowest BCUT2D eigenvalue weighted by Crippen LogP contribution is -2.37. The van der Waals surface area contributed by atoms with Crippen molar-refractivity contribution in [1.29, 1.82) is 0 Å². The van der Waals surface area contributed by atoms with E-state index in [0.29, 0.717) is 5.92 Å². The van der Waals surface area contributed by atoms with E-state index in [2.05, 4.69) is 49.2 Å². The van der Waals surface area contributed by atoms with E-state index in [1.54, 1.807) is 0 Å². The summed E-state index contributed by atoms with van der Waals surface area (Å²) in [6.45, 7) is 7.27. The number of nitrogens with zero attached hydrogens (tertiary/aromatic N) is 1. The number of carbonyl (C=O) groups excluding carboxylic acids is 1. The molecule has 1 aliphatic heterocycles. The number of nitrogens with one attached hydrogen (secondary N) is 1. The van der Waals surface area contributed by atoms with Crippen LogP contribution in [0, 0.1) is 19.8 Å². The zero-order valence-corrected chi connectivity index (χ0v) is 13.4. The number of carbonyl (C=O) groups is 1. The molecule has 1 N–H and O–H groups in total. The van der Waals surface area contributed by atoms with Gasteiger partial charge in [0.15, 0.2) is 0 Å². The molecule has 0 spiro atoms. The number of hydrogen-bond donors (Lipinski definition) is 1. The molecule has 1 saturated heterocycles. The number of aryl methyl sites for hydroxylation is 2. The monoisotopic (exact) mass is 286 g/mol. The molecule has 2 atom stereocenters.